The molecule has 17 heavy (non-hydrogen) atoms. The average Bonchev–Trinajstić information content (AvgIpc) is 2.26. The largest absolute Gasteiger partial charge is 0.417 e. The third kappa shape index (κ3) is 2.90. The summed E-state index contributed by atoms with van der Waals surface area (Å²) in [4.78, 5) is 11.3. The van der Waals surface area contributed by atoms with Gasteiger partial charge in [-0.1, -0.05) is 0 Å². The van der Waals surface area contributed by atoms with Crippen molar-refractivity contribution in [1.82, 2.24) is 0 Å². The Labute approximate surface area is 114 Å². The molecule has 0 spiro atoms. The van der Waals surface area contributed by atoms with Crippen LogP contribution in [0, 0.1) is 14.9 Å². The van der Waals surface area contributed by atoms with Crippen molar-refractivity contribution < 1.29 is 18.0 Å². The normalized spacial score (nSPS) is 11.1. The Morgan fingerprint density at radius 1 is 1.47 bits per heavy atom. The van der Waals surface area contributed by atoms with Crippen LogP contribution in [0.25, 0.3) is 0 Å². The van der Waals surface area contributed by atoms with Crippen molar-refractivity contribution in [2.45, 2.75) is 6.18 Å². The summed E-state index contributed by atoms with van der Waals surface area (Å²) < 4.78 is 37.7. The lowest BCUT2D eigenvalue weighted by Gasteiger charge is -2.11. The zero-order chi connectivity index (χ0) is 13.2. The lowest BCUT2D eigenvalue weighted by Crippen LogP contribution is -2.12. The average molecular weight is 373 g/mol. The number of hydrogen-bond donors (Lipinski definition) is 0. The van der Waals surface area contributed by atoms with Crippen LogP contribution in [0.5, 0.6) is 0 Å². The topological polar surface area (TPSA) is 40.9 Å². The van der Waals surface area contributed by atoms with Crippen molar-refractivity contribution in [1.29, 1.82) is 5.26 Å². The maximum atomic E-state index is 12.6. The van der Waals surface area contributed by atoms with Crippen molar-refractivity contribution in [2.75, 3.05) is 5.88 Å². The molecule has 7 heteroatoms. The van der Waals surface area contributed by atoms with Gasteiger partial charge in [0.15, 0.2) is 5.78 Å². The minimum absolute atomic E-state index is 0.0226. The highest BCUT2D eigenvalue weighted by Crippen LogP contribution is 2.34. The van der Waals surface area contributed by atoms with E-state index in [4.69, 9.17) is 16.9 Å². The van der Waals surface area contributed by atoms with Gasteiger partial charge < -0.3 is 0 Å². The fraction of sp³-hybridized carbons (Fsp3) is 0.200. The summed E-state index contributed by atoms with van der Waals surface area (Å²) in [6.07, 6.45) is -4.62. The molecule has 0 radical (unpaired) electrons. The van der Waals surface area contributed by atoms with Gasteiger partial charge in [-0.2, -0.15) is 18.4 Å². The second-order valence-corrected chi connectivity index (χ2v) is 4.36. The Balaban J connectivity index is 3.50. The molecule has 0 bridgehead atoms. The number of benzene rings is 1. The molecule has 0 heterocycles. The van der Waals surface area contributed by atoms with Crippen LogP contribution in [0.2, 0.25) is 0 Å². The van der Waals surface area contributed by atoms with E-state index in [1.807, 2.05) is 0 Å². The number of ketones is 1. The predicted octanol–water partition coefficient (Wildman–Crippen LogP) is 3.60. The Morgan fingerprint density at radius 2 is 2.06 bits per heavy atom. The highest BCUT2D eigenvalue weighted by atomic mass is 127. The van der Waals surface area contributed by atoms with Gasteiger partial charge in [-0.25, -0.2) is 0 Å². The van der Waals surface area contributed by atoms with Gasteiger partial charge in [0.2, 0.25) is 0 Å². The lowest BCUT2D eigenvalue weighted by atomic mass is 10.0. The second-order valence-electron chi connectivity index (χ2n) is 3.02. The minimum Gasteiger partial charge on any atom is -0.293 e. The lowest BCUT2D eigenvalue weighted by molar-refractivity contribution is -0.137. The number of carbonyl (C=O) groups excluding carboxylic acids is 1. The second kappa shape index (κ2) is 5.23. The third-order valence-electron chi connectivity index (χ3n) is 1.98. The Kier molecular flexibility index (Phi) is 4.38. The molecular formula is C10H4ClF3INO. The van der Waals surface area contributed by atoms with Crippen LogP contribution in [0.3, 0.4) is 0 Å². The summed E-state index contributed by atoms with van der Waals surface area (Å²) in [6, 6.07) is 3.23. The monoisotopic (exact) mass is 373 g/mol. The van der Waals surface area contributed by atoms with E-state index in [0.29, 0.717) is 0 Å². The molecule has 2 nitrogen and oxygen atoms in total. The molecule has 1 rings (SSSR count). The minimum atomic E-state index is -4.62. The number of carbonyl (C=O) groups is 1. The molecule has 0 saturated heterocycles. The fourth-order valence-corrected chi connectivity index (χ4v) is 2.24. The maximum absolute atomic E-state index is 12.6. The Hall–Kier alpha value is -0.810. The van der Waals surface area contributed by atoms with Crippen LogP contribution in [-0.4, -0.2) is 11.7 Å². The standard InChI is InChI=1S/C10H4ClF3INO/c11-3-8(17)5-1-2-7(10(12,13)14)6(4-16)9(5)15/h1-2H,3H2. The molecule has 0 fully saturated rings. The van der Waals surface area contributed by atoms with Crippen LogP contribution in [0.4, 0.5) is 13.2 Å². The first-order chi connectivity index (χ1) is 7.82. The van der Waals surface area contributed by atoms with E-state index in [1.54, 1.807) is 22.6 Å². The van der Waals surface area contributed by atoms with Gasteiger partial charge >= 0.3 is 6.18 Å². The Morgan fingerprint density at radius 3 is 2.47 bits per heavy atom. The molecule has 0 aliphatic heterocycles. The molecule has 0 aliphatic rings. The van der Waals surface area contributed by atoms with Gasteiger partial charge in [-0.15, -0.1) is 11.6 Å². The number of halogens is 5. The molecule has 0 aliphatic carbocycles. The van der Waals surface area contributed by atoms with E-state index in [0.717, 1.165) is 12.1 Å². The van der Waals surface area contributed by atoms with Gasteiger partial charge in [-0.05, 0) is 34.7 Å². The van der Waals surface area contributed by atoms with E-state index in [9.17, 15) is 18.0 Å². The van der Waals surface area contributed by atoms with E-state index in [-0.39, 0.29) is 15.0 Å². The molecule has 0 aromatic heterocycles. The summed E-state index contributed by atoms with van der Waals surface area (Å²) in [5.41, 5.74) is -1.56. The predicted molar refractivity (Wildman–Crippen MR) is 63.9 cm³/mol. The van der Waals surface area contributed by atoms with E-state index < -0.39 is 23.1 Å². The van der Waals surface area contributed by atoms with Crippen molar-refractivity contribution in [3.63, 3.8) is 0 Å². The quantitative estimate of drug-likeness (QED) is 0.451. The first-order valence-electron chi connectivity index (χ1n) is 4.22. The summed E-state index contributed by atoms with van der Waals surface area (Å²) in [6.45, 7) is 0. The molecule has 0 saturated carbocycles. The molecule has 1 aromatic rings. The Bertz CT molecular complexity index is 507. The van der Waals surface area contributed by atoms with Crippen LogP contribution in [0.15, 0.2) is 12.1 Å². The number of nitrogens with zero attached hydrogens (tertiary/aromatic N) is 1. The third-order valence-corrected chi connectivity index (χ3v) is 3.34. The van der Waals surface area contributed by atoms with Crippen molar-refractivity contribution in [3.8, 4) is 6.07 Å². The zero-order valence-electron chi connectivity index (χ0n) is 8.11. The first kappa shape index (κ1) is 14.3. The van der Waals surface area contributed by atoms with E-state index in [1.165, 1.54) is 6.07 Å². The van der Waals surface area contributed by atoms with Gasteiger partial charge in [-0.3, -0.25) is 4.79 Å². The van der Waals surface area contributed by atoms with Crippen LogP contribution in [0.1, 0.15) is 21.5 Å². The summed E-state index contributed by atoms with van der Waals surface area (Å²) >= 11 is 6.87. The van der Waals surface area contributed by atoms with Gasteiger partial charge in [0.25, 0.3) is 0 Å². The number of rotatable bonds is 2. The van der Waals surface area contributed by atoms with Crippen molar-refractivity contribution in [2.24, 2.45) is 0 Å². The SMILES string of the molecule is N#Cc1c(C(F)(F)F)ccc(C(=O)CCl)c1I. The molecule has 0 amide bonds. The maximum Gasteiger partial charge on any atom is 0.417 e. The molecule has 0 atom stereocenters. The van der Waals surface area contributed by atoms with Crippen molar-refractivity contribution in [3.05, 3.63) is 32.4 Å². The van der Waals surface area contributed by atoms with Crippen LogP contribution >= 0.6 is 34.2 Å². The summed E-state index contributed by atoms with van der Waals surface area (Å²) in [5.74, 6) is -0.854. The fourth-order valence-electron chi connectivity index (χ4n) is 1.21. The number of Topliss-reactive ketones (excluding diaryl/α,β-unsaturated/α-hetero) is 1. The van der Waals surface area contributed by atoms with Gasteiger partial charge in [0.1, 0.15) is 6.07 Å². The molecule has 90 valence electrons. The van der Waals surface area contributed by atoms with E-state index in [2.05, 4.69) is 0 Å². The summed E-state index contributed by atoms with van der Waals surface area (Å²) in [7, 11) is 0. The number of hydrogen-bond acceptors (Lipinski definition) is 2. The van der Waals surface area contributed by atoms with Crippen LogP contribution in [-0.2, 0) is 6.18 Å². The van der Waals surface area contributed by atoms with E-state index >= 15 is 0 Å². The van der Waals surface area contributed by atoms with Crippen LogP contribution < -0.4 is 0 Å². The van der Waals surface area contributed by atoms with Crippen molar-refractivity contribution >= 4 is 40.0 Å². The smallest absolute Gasteiger partial charge is 0.293 e. The summed E-state index contributed by atoms with van der Waals surface area (Å²) in [5, 5.41) is 8.74. The molecule has 0 unspecified atom stereocenters. The van der Waals surface area contributed by atoms with Gasteiger partial charge in [0, 0.05) is 9.13 Å². The molecular weight excluding hydrogens is 369 g/mol. The molecule has 1 aromatic carbocycles. The number of nitriles is 1. The zero-order valence-corrected chi connectivity index (χ0v) is 11.0. The molecule has 0 N–H and O–H groups in total. The highest BCUT2D eigenvalue weighted by Gasteiger charge is 2.35. The highest BCUT2D eigenvalue weighted by molar-refractivity contribution is 14.1. The first-order valence-corrected chi connectivity index (χ1v) is 5.83. The van der Waals surface area contributed by atoms with Gasteiger partial charge in [0.05, 0.1) is 17.0 Å². The number of alkyl halides is 4.